The third-order valence-corrected chi connectivity index (χ3v) is 3.95. The SMILES string of the molecule is CC(Nc1c(Cl)ccc2scnc12)c1cnccn1. The Labute approximate surface area is 119 Å². The number of hydrogen-bond acceptors (Lipinski definition) is 5. The van der Waals surface area contributed by atoms with Crippen LogP contribution in [0.3, 0.4) is 0 Å². The van der Waals surface area contributed by atoms with Crippen LogP contribution in [0.2, 0.25) is 5.02 Å². The minimum atomic E-state index is 0.0125. The summed E-state index contributed by atoms with van der Waals surface area (Å²) < 4.78 is 1.11. The van der Waals surface area contributed by atoms with E-state index >= 15 is 0 Å². The van der Waals surface area contributed by atoms with Crippen LogP contribution in [0.1, 0.15) is 18.7 Å². The maximum Gasteiger partial charge on any atom is 0.106 e. The highest BCUT2D eigenvalue weighted by atomic mass is 35.5. The van der Waals surface area contributed by atoms with E-state index in [0.717, 1.165) is 21.6 Å². The molecular weight excluding hydrogens is 280 g/mol. The molecule has 3 aromatic rings. The van der Waals surface area contributed by atoms with E-state index in [9.17, 15) is 0 Å². The lowest BCUT2D eigenvalue weighted by atomic mass is 10.2. The number of aromatic nitrogens is 3. The molecule has 1 atom stereocenters. The molecule has 19 heavy (non-hydrogen) atoms. The summed E-state index contributed by atoms with van der Waals surface area (Å²) in [5, 5.41) is 4.03. The predicted molar refractivity (Wildman–Crippen MR) is 78.7 cm³/mol. The molecule has 0 radical (unpaired) electrons. The van der Waals surface area contributed by atoms with Gasteiger partial charge in [-0.1, -0.05) is 11.6 Å². The largest absolute Gasteiger partial charge is 0.374 e. The van der Waals surface area contributed by atoms with Crippen molar-refractivity contribution in [1.82, 2.24) is 15.0 Å². The van der Waals surface area contributed by atoms with Gasteiger partial charge in [0, 0.05) is 12.4 Å². The smallest absolute Gasteiger partial charge is 0.106 e. The van der Waals surface area contributed by atoms with Gasteiger partial charge in [0.25, 0.3) is 0 Å². The molecule has 0 fully saturated rings. The van der Waals surface area contributed by atoms with Crippen LogP contribution >= 0.6 is 22.9 Å². The molecule has 0 aliphatic rings. The third kappa shape index (κ3) is 2.39. The Morgan fingerprint density at radius 3 is 2.95 bits per heavy atom. The monoisotopic (exact) mass is 290 g/mol. The molecule has 0 saturated heterocycles. The van der Waals surface area contributed by atoms with E-state index in [1.165, 1.54) is 0 Å². The molecule has 3 rings (SSSR count). The molecule has 0 aliphatic heterocycles. The minimum absolute atomic E-state index is 0.0125. The topological polar surface area (TPSA) is 50.7 Å². The Hall–Kier alpha value is -1.72. The van der Waals surface area contributed by atoms with E-state index in [-0.39, 0.29) is 6.04 Å². The Bertz CT molecular complexity index is 698. The first kappa shape index (κ1) is 12.3. The quantitative estimate of drug-likeness (QED) is 0.794. The number of nitrogens with zero attached hydrogens (tertiary/aromatic N) is 3. The highest BCUT2D eigenvalue weighted by Crippen LogP contribution is 2.34. The summed E-state index contributed by atoms with van der Waals surface area (Å²) in [5.41, 5.74) is 4.43. The maximum atomic E-state index is 6.26. The number of benzene rings is 1. The lowest BCUT2D eigenvalue weighted by Crippen LogP contribution is -2.09. The molecule has 1 unspecified atom stereocenters. The second-order valence-corrected chi connectivity index (χ2v) is 5.41. The summed E-state index contributed by atoms with van der Waals surface area (Å²) >= 11 is 7.85. The molecule has 2 heterocycles. The van der Waals surface area contributed by atoms with Crippen LogP contribution in [0.15, 0.2) is 36.2 Å². The third-order valence-electron chi connectivity index (χ3n) is 2.84. The molecule has 0 spiro atoms. The van der Waals surface area contributed by atoms with Gasteiger partial charge in [-0.3, -0.25) is 9.97 Å². The van der Waals surface area contributed by atoms with Crippen molar-refractivity contribution < 1.29 is 0 Å². The molecule has 1 aromatic carbocycles. The van der Waals surface area contributed by atoms with Gasteiger partial charge in [0.2, 0.25) is 0 Å². The first-order valence-corrected chi connectivity index (χ1v) is 7.05. The van der Waals surface area contributed by atoms with Gasteiger partial charge in [-0.05, 0) is 19.1 Å². The second kappa shape index (κ2) is 5.11. The molecule has 96 valence electrons. The van der Waals surface area contributed by atoms with Crippen molar-refractivity contribution in [3.05, 3.63) is 47.0 Å². The summed E-state index contributed by atoms with van der Waals surface area (Å²) in [5.74, 6) is 0. The Balaban J connectivity index is 1.97. The van der Waals surface area contributed by atoms with E-state index in [2.05, 4.69) is 20.3 Å². The van der Waals surface area contributed by atoms with Crippen molar-refractivity contribution in [2.24, 2.45) is 0 Å². The van der Waals surface area contributed by atoms with Crippen LogP contribution in [0.5, 0.6) is 0 Å². The summed E-state index contributed by atoms with van der Waals surface area (Å²) in [6.45, 7) is 2.02. The number of fused-ring (bicyclic) bond motifs is 1. The fourth-order valence-corrected chi connectivity index (χ4v) is 2.76. The van der Waals surface area contributed by atoms with Crippen molar-refractivity contribution in [3.8, 4) is 0 Å². The van der Waals surface area contributed by atoms with E-state index in [1.54, 1.807) is 29.9 Å². The summed E-state index contributed by atoms with van der Waals surface area (Å²) in [6.07, 6.45) is 5.08. The minimum Gasteiger partial charge on any atom is -0.374 e. The van der Waals surface area contributed by atoms with Gasteiger partial charge in [-0.15, -0.1) is 11.3 Å². The molecule has 0 bridgehead atoms. The Morgan fingerprint density at radius 2 is 2.16 bits per heavy atom. The Kier molecular flexibility index (Phi) is 3.31. The first-order chi connectivity index (χ1) is 9.25. The highest BCUT2D eigenvalue weighted by Gasteiger charge is 2.13. The Morgan fingerprint density at radius 1 is 1.26 bits per heavy atom. The average molecular weight is 291 g/mol. The number of thiazole rings is 1. The normalized spacial score (nSPS) is 12.5. The molecule has 0 saturated carbocycles. The zero-order valence-corrected chi connectivity index (χ0v) is 11.7. The van der Waals surface area contributed by atoms with E-state index in [1.807, 2.05) is 24.6 Å². The average Bonchev–Trinajstić information content (AvgIpc) is 2.91. The summed E-state index contributed by atoms with van der Waals surface area (Å²) in [6, 6.07) is 3.87. The predicted octanol–water partition coefficient (Wildman–Crippen LogP) is 3.91. The van der Waals surface area contributed by atoms with Crippen molar-refractivity contribution >= 4 is 38.8 Å². The van der Waals surface area contributed by atoms with Crippen LogP contribution in [-0.2, 0) is 0 Å². The van der Waals surface area contributed by atoms with Gasteiger partial charge in [-0.2, -0.15) is 0 Å². The zero-order valence-electron chi connectivity index (χ0n) is 10.2. The molecule has 4 nitrogen and oxygen atoms in total. The van der Waals surface area contributed by atoms with Crippen molar-refractivity contribution in [2.75, 3.05) is 5.32 Å². The van der Waals surface area contributed by atoms with Gasteiger partial charge in [-0.25, -0.2) is 4.98 Å². The molecule has 2 aromatic heterocycles. The van der Waals surface area contributed by atoms with Crippen LogP contribution in [0.4, 0.5) is 5.69 Å². The number of nitrogens with one attached hydrogen (secondary N) is 1. The summed E-state index contributed by atoms with van der Waals surface area (Å²) in [4.78, 5) is 12.7. The van der Waals surface area contributed by atoms with E-state index in [4.69, 9.17) is 11.6 Å². The number of hydrogen-bond donors (Lipinski definition) is 1. The first-order valence-electron chi connectivity index (χ1n) is 5.80. The van der Waals surface area contributed by atoms with Crippen LogP contribution in [0, 0.1) is 0 Å². The van der Waals surface area contributed by atoms with Gasteiger partial charge in [0.1, 0.15) is 5.52 Å². The summed E-state index contributed by atoms with van der Waals surface area (Å²) in [7, 11) is 0. The van der Waals surface area contributed by atoms with Crippen molar-refractivity contribution in [3.63, 3.8) is 0 Å². The van der Waals surface area contributed by atoms with Gasteiger partial charge < -0.3 is 5.32 Å². The van der Waals surface area contributed by atoms with E-state index in [0.29, 0.717) is 5.02 Å². The zero-order chi connectivity index (χ0) is 13.2. The van der Waals surface area contributed by atoms with Crippen molar-refractivity contribution in [1.29, 1.82) is 0 Å². The van der Waals surface area contributed by atoms with E-state index < -0.39 is 0 Å². The number of anilines is 1. The van der Waals surface area contributed by atoms with Crippen LogP contribution < -0.4 is 5.32 Å². The van der Waals surface area contributed by atoms with Crippen molar-refractivity contribution in [2.45, 2.75) is 13.0 Å². The van der Waals surface area contributed by atoms with Gasteiger partial charge >= 0.3 is 0 Å². The standard InChI is InChI=1S/C13H11ClN4S/c1-8(10-6-15-4-5-16-10)18-12-9(14)2-3-11-13(12)17-7-19-11/h2-8,18H,1H3. The molecule has 0 amide bonds. The fourth-order valence-electron chi connectivity index (χ4n) is 1.87. The van der Waals surface area contributed by atoms with Gasteiger partial charge in [0.15, 0.2) is 0 Å². The molecular formula is C13H11ClN4S. The van der Waals surface area contributed by atoms with Crippen LogP contribution in [0.25, 0.3) is 10.2 Å². The maximum absolute atomic E-state index is 6.26. The number of halogens is 1. The van der Waals surface area contributed by atoms with Crippen LogP contribution in [-0.4, -0.2) is 15.0 Å². The molecule has 6 heteroatoms. The lowest BCUT2D eigenvalue weighted by molar-refractivity contribution is 0.828. The number of rotatable bonds is 3. The molecule has 0 aliphatic carbocycles. The fraction of sp³-hybridized carbons (Fsp3) is 0.154. The molecule has 1 N–H and O–H groups in total. The second-order valence-electron chi connectivity index (χ2n) is 4.12. The lowest BCUT2D eigenvalue weighted by Gasteiger charge is -2.15. The van der Waals surface area contributed by atoms with Gasteiger partial charge in [0.05, 0.1) is 38.9 Å². The highest BCUT2D eigenvalue weighted by molar-refractivity contribution is 7.16.